The molecule has 110 valence electrons. The fourth-order valence-electron chi connectivity index (χ4n) is 2.11. The number of nitrogens with two attached hydrogens (primary N) is 1. The minimum atomic E-state index is -0.602. The van der Waals surface area contributed by atoms with Gasteiger partial charge in [-0.2, -0.15) is 0 Å². The van der Waals surface area contributed by atoms with Crippen molar-refractivity contribution in [2.45, 2.75) is 58.9 Å². The Balaban J connectivity index is 2.57. The second kappa shape index (κ2) is 7.36. The molecular weight excluding hydrogens is 240 g/mol. The Morgan fingerprint density at radius 2 is 1.95 bits per heavy atom. The van der Waals surface area contributed by atoms with E-state index >= 15 is 0 Å². The van der Waals surface area contributed by atoms with Crippen LogP contribution in [0.25, 0.3) is 0 Å². The van der Waals surface area contributed by atoms with Crippen molar-refractivity contribution in [3.63, 3.8) is 0 Å². The SMILES string of the molecule is CCNC(=NCC(C)(C)C(N)=O)NC1CCCCC1. The molecule has 0 aromatic rings. The number of amides is 1. The molecule has 4 N–H and O–H groups in total. The summed E-state index contributed by atoms with van der Waals surface area (Å²) in [6.45, 7) is 6.91. The van der Waals surface area contributed by atoms with E-state index in [1.807, 2.05) is 20.8 Å². The van der Waals surface area contributed by atoms with Crippen LogP contribution in [-0.4, -0.2) is 31.0 Å². The molecule has 1 saturated carbocycles. The Hall–Kier alpha value is -1.26. The fraction of sp³-hybridized carbons (Fsp3) is 0.857. The maximum atomic E-state index is 11.3. The first-order valence-corrected chi connectivity index (χ1v) is 7.30. The van der Waals surface area contributed by atoms with Crippen LogP contribution in [0.5, 0.6) is 0 Å². The smallest absolute Gasteiger partial charge is 0.224 e. The third-order valence-corrected chi connectivity index (χ3v) is 3.59. The lowest BCUT2D eigenvalue weighted by Gasteiger charge is -2.25. The second-order valence-electron chi connectivity index (χ2n) is 5.92. The summed E-state index contributed by atoms with van der Waals surface area (Å²) in [5.41, 5.74) is 4.76. The molecule has 0 unspecified atom stereocenters. The zero-order chi connectivity index (χ0) is 14.3. The highest BCUT2D eigenvalue weighted by Crippen LogP contribution is 2.17. The van der Waals surface area contributed by atoms with Crippen LogP contribution in [0.15, 0.2) is 4.99 Å². The van der Waals surface area contributed by atoms with Crippen LogP contribution in [0, 0.1) is 5.41 Å². The highest BCUT2D eigenvalue weighted by molar-refractivity contribution is 5.82. The minimum absolute atomic E-state index is 0.315. The Morgan fingerprint density at radius 3 is 2.47 bits per heavy atom. The molecule has 5 heteroatoms. The minimum Gasteiger partial charge on any atom is -0.369 e. The number of hydrogen-bond acceptors (Lipinski definition) is 2. The van der Waals surface area contributed by atoms with Gasteiger partial charge in [0, 0.05) is 12.6 Å². The zero-order valence-electron chi connectivity index (χ0n) is 12.5. The summed E-state index contributed by atoms with van der Waals surface area (Å²) in [4.78, 5) is 15.8. The van der Waals surface area contributed by atoms with Crippen molar-refractivity contribution in [3.05, 3.63) is 0 Å². The number of carbonyl (C=O) groups excluding carboxylic acids is 1. The van der Waals surface area contributed by atoms with Crippen LogP contribution in [0.4, 0.5) is 0 Å². The molecule has 0 aliphatic heterocycles. The average molecular weight is 268 g/mol. The Kier molecular flexibility index (Phi) is 6.12. The van der Waals surface area contributed by atoms with E-state index in [0.29, 0.717) is 12.6 Å². The van der Waals surface area contributed by atoms with E-state index in [-0.39, 0.29) is 5.91 Å². The van der Waals surface area contributed by atoms with Gasteiger partial charge in [-0.1, -0.05) is 19.3 Å². The van der Waals surface area contributed by atoms with Crippen molar-refractivity contribution in [1.29, 1.82) is 0 Å². The first-order chi connectivity index (χ1) is 8.95. The maximum Gasteiger partial charge on any atom is 0.224 e. The van der Waals surface area contributed by atoms with Gasteiger partial charge in [-0.25, -0.2) is 0 Å². The van der Waals surface area contributed by atoms with Crippen LogP contribution in [0.1, 0.15) is 52.9 Å². The molecule has 1 aliphatic rings. The van der Waals surface area contributed by atoms with Crippen LogP contribution in [-0.2, 0) is 4.79 Å². The first-order valence-electron chi connectivity index (χ1n) is 7.30. The molecule has 1 rings (SSSR count). The second-order valence-corrected chi connectivity index (χ2v) is 5.92. The van der Waals surface area contributed by atoms with Gasteiger partial charge >= 0.3 is 0 Å². The molecule has 19 heavy (non-hydrogen) atoms. The van der Waals surface area contributed by atoms with E-state index in [1.165, 1.54) is 32.1 Å². The van der Waals surface area contributed by atoms with E-state index in [2.05, 4.69) is 15.6 Å². The van der Waals surface area contributed by atoms with Crippen molar-refractivity contribution >= 4 is 11.9 Å². The van der Waals surface area contributed by atoms with Crippen molar-refractivity contribution in [2.24, 2.45) is 16.1 Å². The van der Waals surface area contributed by atoms with Gasteiger partial charge in [-0.3, -0.25) is 9.79 Å². The number of primary amides is 1. The lowest BCUT2D eigenvalue weighted by Crippen LogP contribution is -2.45. The molecule has 1 amide bonds. The summed E-state index contributed by atoms with van der Waals surface area (Å²) in [7, 11) is 0. The summed E-state index contributed by atoms with van der Waals surface area (Å²) in [6, 6.07) is 0.503. The van der Waals surface area contributed by atoms with E-state index in [9.17, 15) is 4.79 Å². The van der Waals surface area contributed by atoms with Gasteiger partial charge in [0.25, 0.3) is 0 Å². The molecule has 0 bridgehead atoms. The van der Waals surface area contributed by atoms with Gasteiger partial charge < -0.3 is 16.4 Å². The standard InChI is InChI=1S/C14H28N4O/c1-4-16-13(17-10-14(2,3)12(15)19)18-11-8-6-5-7-9-11/h11H,4-10H2,1-3H3,(H2,15,19)(H2,16,17,18). The number of nitrogens with zero attached hydrogens (tertiary/aromatic N) is 1. The van der Waals surface area contributed by atoms with Crippen LogP contribution in [0.3, 0.4) is 0 Å². The zero-order valence-corrected chi connectivity index (χ0v) is 12.5. The van der Waals surface area contributed by atoms with Gasteiger partial charge in [-0.15, -0.1) is 0 Å². The number of carbonyl (C=O) groups is 1. The summed E-state index contributed by atoms with van der Waals surface area (Å²) in [6.07, 6.45) is 6.29. The van der Waals surface area contributed by atoms with Gasteiger partial charge in [0.1, 0.15) is 0 Å². The largest absolute Gasteiger partial charge is 0.369 e. The predicted octanol–water partition coefficient (Wildman–Crippen LogP) is 1.39. The molecule has 0 aromatic carbocycles. The normalized spacial score (nSPS) is 18.2. The van der Waals surface area contributed by atoms with Crippen LogP contribution >= 0.6 is 0 Å². The molecule has 1 aliphatic carbocycles. The third-order valence-electron chi connectivity index (χ3n) is 3.59. The van der Waals surface area contributed by atoms with Crippen molar-refractivity contribution < 1.29 is 4.79 Å². The Bertz CT molecular complexity index is 319. The summed E-state index contributed by atoms with van der Waals surface area (Å²) in [5, 5.41) is 6.68. The quantitative estimate of drug-likeness (QED) is 0.520. The summed E-state index contributed by atoms with van der Waals surface area (Å²) in [5.74, 6) is 0.480. The molecule has 5 nitrogen and oxygen atoms in total. The van der Waals surface area contributed by atoms with Gasteiger partial charge in [0.15, 0.2) is 5.96 Å². The fourth-order valence-corrected chi connectivity index (χ4v) is 2.11. The first kappa shape index (κ1) is 15.8. The van der Waals surface area contributed by atoms with Crippen molar-refractivity contribution in [1.82, 2.24) is 10.6 Å². The molecule has 0 aromatic heterocycles. The monoisotopic (exact) mass is 268 g/mol. The maximum absolute atomic E-state index is 11.3. The number of guanidine groups is 1. The topological polar surface area (TPSA) is 79.5 Å². The average Bonchev–Trinajstić information content (AvgIpc) is 2.37. The highest BCUT2D eigenvalue weighted by atomic mass is 16.1. The molecular formula is C14H28N4O. The lowest BCUT2D eigenvalue weighted by atomic mass is 9.93. The molecule has 0 radical (unpaired) electrons. The summed E-state index contributed by atoms with van der Waals surface area (Å²) < 4.78 is 0. The van der Waals surface area contributed by atoms with Gasteiger partial charge in [-0.05, 0) is 33.6 Å². The third kappa shape index (κ3) is 5.49. The van der Waals surface area contributed by atoms with Gasteiger partial charge in [0.05, 0.1) is 12.0 Å². The van der Waals surface area contributed by atoms with Crippen molar-refractivity contribution in [3.8, 4) is 0 Å². The molecule has 0 spiro atoms. The Morgan fingerprint density at radius 1 is 1.32 bits per heavy atom. The number of aliphatic imine (C=N–C) groups is 1. The number of hydrogen-bond donors (Lipinski definition) is 3. The molecule has 0 atom stereocenters. The number of nitrogens with one attached hydrogen (secondary N) is 2. The van der Waals surface area contributed by atoms with E-state index in [4.69, 9.17) is 5.73 Å². The number of rotatable bonds is 5. The summed E-state index contributed by atoms with van der Waals surface area (Å²) >= 11 is 0. The van der Waals surface area contributed by atoms with Crippen LogP contribution in [0.2, 0.25) is 0 Å². The van der Waals surface area contributed by atoms with E-state index in [1.54, 1.807) is 0 Å². The molecule has 0 heterocycles. The lowest BCUT2D eigenvalue weighted by molar-refractivity contribution is -0.125. The van der Waals surface area contributed by atoms with Crippen LogP contribution < -0.4 is 16.4 Å². The van der Waals surface area contributed by atoms with E-state index in [0.717, 1.165) is 12.5 Å². The predicted molar refractivity (Wildman–Crippen MR) is 79.0 cm³/mol. The highest BCUT2D eigenvalue weighted by Gasteiger charge is 2.25. The van der Waals surface area contributed by atoms with Gasteiger partial charge in [0.2, 0.25) is 5.91 Å². The van der Waals surface area contributed by atoms with Crippen molar-refractivity contribution in [2.75, 3.05) is 13.1 Å². The Labute approximate surface area is 116 Å². The molecule has 1 fully saturated rings. The molecule has 0 saturated heterocycles. The van der Waals surface area contributed by atoms with E-state index < -0.39 is 5.41 Å².